The van der Waals surface area contributed by atoms with Gasteiger partial charge in [0.25, 0.3) is 5.91 Å². The average molecular weight is 363 g/mol. The maximum absolute atomic E-state index is 12.3. The summed E-state index contributed by atoms with van der Waals surface area (Å²) in [5.41, 5.74) is 2.86. The van der Waals surface area contributed by atoms with Gasteiger partial charge in [-0.2, -0.15) is 0 Å². The first-order chi connectivity index (χ1) is 11.8. The minimum atomic E-state index is -3.29. The lowest BCUT2D eigenvalue weighted by Gasteiger charge is -2.16. The van der Waals surface area contributed by atoms with Gasteiger partial charge in [-0.15, -0.1) is 0 Å². The van der Waals surface area contributed by atoms with Crippen LogP contribution in [0.1, 0.15) is 47.1 Å². The van der Waals surface area contributed by atoms with Crippen LogP contribution in [0.2, 0.25) is 0 Å². The normalized spacial score (nSPS) is 14.0. The van der Waals surface area contributed by atoms with Gasteiger partial charge in [0, 0.05) is 18.2 Å². The highest BCUT2D eigenvalue weighted by Gasteiger charge is 2.26. The van der Waals surface area contributed by atoms with Crippen LogP contribution in [0, 0.1) is 0 Å². The standard InChI is InChI=1S/C17H21N3O4S/c1-11(2)15-9-14(24-19-15)10-18-17(21)13-4-5-16-12(8-13)6-7-20(16)25(3,22)23/h4-5,8-9,11H,6-7,10H2,1-3H3,(H,18,21). The third kappa shape index (κ3) is 3.68. The maximum Gasteiger partial charge on any atom is 0.251 e. The van der Waals surface area contributed by atoms with E-state index in [0.29, 0.717) is 30.0 Å². The topological polar surface area (TPSA) is 92.5 Å². The van der Waals surface area contributed by atoms with Crippen molar-refractivity contribution in [3.63, 3.8) is 0 Å². The van der Waals surface area contributed by atoms with E-state index in [9.17, 15) is 13.2 Å². The van der Waals surface area contributed by atoms with Crippen molar-refractivity contribution in [1.82, 2.24) is 10.5 Å². The molecule has 0 saturated heterocycles. The molecule has 0 unspecified atom stereocenters. The van der Waals surface area contributed by atoms with E-state index in [1.807, 2.05) is 19.9 Å². The summed E-state index contributed by atoms with van der Waals surface area (Å²) in [5, 5.41) is 6.75. The molecule has 25 heavy (non-hydrogen) atoms. The number of sulfonamides is 1. The molecule has 1 aromatic carbocycles. The molecule has 0 aliphatic carbocycles. The van der Waals surface area contributed by atoms with E-state index in [1.165, 1.54) is 10.6 Å². The SMILES string of the molecule is CC(C)c1cc(CNC(=O)c2ccc3c(c2)CCN3S(C)(=O)=O)on1. The number of aromatic nitrogens is 1. The maximum atomic E-state index is 12.3. The molecule has 0 bridgehead atoms. The second-order valence-corrected chi connectivity index (χ2v) is 8.39. The van der Waals surface area contributed by atoms with Gasteiger partial charge in [0.1, 0.15) is 0 Å². The molecule has 1 N–H and O–H groups in total. The fourth-order valence-electron chi connectivity index (χ4n) is 2.81. The monoisotopic (exact) mass is 363 g/mol. The summed E-state index contributed by atoms with van der Waals surface area (Å²) < 4.78 is 30.1. The molecule has 0 radical (unpaired) electrons. The number of carbonyl (C=O) groups excluding carboxylic acids is 1. The van der Waals surface area contributed by atoms with E-state index < -0.39 is 10.0 Å². The van der Waals surface area contributed by atoms with Crippen molar-refractivity contribution in [3.8, 4) is 0 Å². The third-order valence-electron chi connectivity index (χ3n) is 4.19. The van der Waals surface area contributed by atoms with Crippen LogP contribution in [0.4, 0.5) is 5.69 Å². The number of carbonyl (C=O) groups is 1. The lowest BCUT2D eigenvalue weighted by molar-refractivity contribution is 0.0947. The molecule has 1 aliphatic heterocycles. The van der Waals surface area contributed by atoms with Crippen LogP contribution in [0.15, 0.2) is 28.8 Å². The van der Waals surface area contributed by atoms with Gasteiger partial charge in [-0.25, -0.2) is 8.42 Å². The van der Waals surface area contributed by atoms with Gasteiger partial charge in [0.05, 0.1) is 24.2 Å². The van der Waals surface area contributed by atoms with E-state index in [0.717, 1.165) is 11.3 Å². The Morgan fingerprint density at radius 3 is 2.76 bits per heavy atom. The largest absolute Gasteiger partial charge is 0.359 e. The van der Waals surface area contributed by atoms with Crippen molar-refractivity contribution in [2.75, 3.05) is 17.1 Å². The zero-order valence-corrected chi connectivity index (χ0v) is 15.3. The van der Waals surface area contributed by atoms with Crippen LogP contribution >= 0.6 is 0 Å². The van der Waals surface area contributed by atoms with Gasteiger partial charge in [-0.1, -0.05) is 19.0 Å². The molecular weight excluding hydrogens is 342 g/mol. The predicted octanol–water partition coefficient (Wildman–Crippen LogP) is 2.05. The second-order valence-electron chi connectivity index (χ2n) is 6.48. The molecule has 2 heterocycles. The molecule has 7 nitrogen and oxygen atoms in total. The van der Waals surface area contributed by atoms with Crippen molar-refractivity contribution < 1.29 is 17.7 Å². The number of hydrogen-bond donors (Lipinski definition) is 1. The van der Waals surface area contributed by atoms with Crippen molar-refractivity contribution >= 4 is 21.6 Å². The van der Waals surface area contributed by atoms with Crippen molar-refractivity contribution in [2.45, 2.75) is 32.7 Å². The summed E-state index contributed by atoms with van der Waals surface area (Å²) in [5.74, 6) is 0.632. The van der Waals surface area contributed by atoms with E-state index in [-0.39, 0.29) is 18.4 Å². The summed E-state index contributed by atoms with van der Waals surface area (Å²) in [6.45, 7) is 4.70. The Balaban J connectivity index is 1.69. The minimum Gasteiger partial charge on any atom is -0.359 e. The van der Waals surface area contributed by atoms with Crippen LogP contribution in [-0.2, 0) is 23.0 Å². The Hall–Kier alpha value is -2.35. The van der Waals surface area contributed by atoms with E-state index in [1.54, 1.807) is 18.2 Å². The van der Waals surface area contributed by atoms with Crippen LogP contribution in [0.3, 0.4) is 0 Å². The number of nitrogens with one attached hydrogen (secondary N) is 1. The first-order valence-corrected chi connectivity index (χ1v) is 9.95. The number of hydrogen-bond acceptors (Lipinski definition) is 5. The highest BCUT2D eigenvalue weighted by atomic mass is 32.2. The molecular formula is C17H21N3O4S. The lowest BCUT2D eigenvalue weighted by atomic mass is 10.1. The lowest BCUT2D eigenvalue weighted by Crippen LogP contribution is -2.27. The van der Waals surface area contributed by atoms with Crippen LogP contribution in [0.25, 0.3) is 0 Å². The van der Waals surface area contributed by atoms with Crippen molar-refractivity contribution in [1.29, 1.82) is 0 Å². The van der Waals surface area contributed by atoms with Crippen LogP contribution in [0.5, 0.6) is 0 Å². The summed E-state index contributed by atoms with van der Waals surface area (Å²) in [6.07, 6.45) is 1.79. The second kappa shape index (κ2) is 6.51. The zero-order chi connectivity index (χ0) is 18.2. The molecule has 1 aliphatic rings. The molecule has 0 atom stereocenters. The fraction of sp³-hybridized carbons (Fsp3) is 0.412. The number of amides is 1. The van der Waals surface area contributed by atoms with Crippen LogP contribution in [-0.4, -0.2) is 32.3 Å². The molecule has 1 aromatic heterocycles. The summed E-state index contributed by atoms with van der Waals surface area (Å²) in [7, 11) is -3.29. The van der Waals surface area contributed by atoms with Crippen molar-refractivity contribution in [3.05, 3.63) is 46.8 Å². The number of anilines is 1. The van der Waals surface area contributed by atoms with Gasteiger partial charge in [0.2, 0.25) is 10.0 Å². The van der Waals surface area contributed by atoms with Gasteiger partial charge in [-0.3, -0.25) is 9.10 Å². The predicted molar refractivity (Wildman–Crippen MR) is 94.1 cm³/mol. The smallest absolute Gasteiger partial charge is 0.251 e. The van der Waals surface area contributed by atoms with Gasteiger partial charge >= 0.3 is 0 Å². The Kier molecular flexibility index (Phi) is 4.55. The fourth-order valence-corrected chi connectivity index (χ4v) is 3.77. The van der Waals surface area contributed by atoms with E-state index in [2.05, 4.69) is 10.5 Å². The first-order valence-electron chi connectivity index (χ1n) is 8.10. The van der Waals surface area contributed by atoms with Crippen molar-refractivity contribution in [2.24, 2.45) is 0 Å². The Bertz CT molecular complexity index is 902. The Labute approximate surface area is 147 Å². The zero-order valence-electron chi connectivity index (χ0n) is 14.4. The highest BCUT2D eigenvalue weighted by molar-refractivity contribution is 7.92. The Morgan fingerprint density at radius 1 is 1.36 bits per heavy atom. The molecule has 3 rings (SSSR count). The molecule has 8 heteroatoms. The minimum absolute atomic E-state index is 0.233. The summed E-state index contributed by atoms with van der Waals surface area (Å²) >= 11 is 0. The average Bonchev–Trinajstić information content (AvgIpc) is 3.18. The highest BCUT2D eigenvalue weighted by Crippen LogP contribution is 2.30. The van der Waals surface area contributed by atoms with E-state index in [4.69, 9.17) is 4.52 Å². The van der Waals surface area contributed by atoms with Gasteiger partial charge < -0.3 is 9.84 Å². The first kappa shape index (κ1) is 17.5. The molecule has 2 aromatic rings. The molecule has 134 valence electrons. The molecule has 0 saturated carbocycles. The Morgan fingerprint density at radius 2 is 2.12 bits per heavy atom. The number of rotatable bonds is 5. The molecule has 0 fully saturated rings. The van der Waals surface area contributed by atoms with Gasteiger partial charge in [0.15, 0.2) is 5.76 Å². The quantitative estimate of drug-likeness (QED) is 0.878. The number of nitrogens with zero attached hydrogens (tertiary/aromatic N) is 2. The molecule has 0 spiro atoms. The summed E-state index contributed by atoms with van der Waals surface area (Å²) in [4.78, 5) is 12.3. The third-order valence-corrected chi connectivity index (χ3v) is 5.37. The summed E-state index contributed by atoms with van der Waals surface area (Å²) in [6, 6.07) is 6.90. The number of benzene rings is 1. The van der Waals surface area contributed by atoms with Gasteiger partial charge in [-0.05, 0) is 36.1 Å². The number of fused-ring (bicyclic) bond motifs is 1. The molecule has 1 amide bonds. The van der Waals surface area contributed by atoms with Crippen LogP contribution < -0.4 is 9.62 Å². The van der Waals surface area contributed by atoms with E-state index >= 15 is 0 Å².